The summed E-state index contributed by atoms with van der Waals surface area (Å²) in [5.41, 5.74) is 1.60. The lowest BCUT2D eigenvalue weighted by molar-refractivity contribution is -0.119. The Bertz CT molecular complexity index is 1030. The van der Waals surface area contributed by atoms with Crippen molar-refractivity contribution in [3.05, 3.63) is 46.5 Å². The first kappa shape index (κ1) is 21.3. The van der Waals surface area contributed by atoms with Crippen molar-refractivity contribution in [3.63, 3.8) is 0 Å². The van der Waals surface area contributed by atoms with E-state index >= 15 is 0 Å². The van der Waals surface area contributed by atoms with E-state index < -0.39 is 5.92 Å². The minimum absolute atomic E-state index is 0.0787. The van der Waals surface area contributed by atoms with Crippen molar-refractivity contribution in [3.8, 4) is 17.2 Å². The fourth-order valence-corrected chi connectivity index (χ4v) is 4.73. The number of rotatable bonds is 5. The SMILES string of the molecule is COc1ccc(Cl)cc1NC(=O)C1c2cc(OC)c(OC)cc2C(=O)N2CCCCC12. The van der Waals surface area contributed by atoms with Crippen LogP contribution in [0.4, 0.5) is 5.69 Å². The number of methoxy groups -OCH3 is 3. The first-order valence-electron chi connectivity index (χ1n) is 10.2. The number of piperidine rings is 1. The van der Waals surface area contributed by atoms with Crippen LogP contribution in [0.3, 0.4) is 0 Å². The van der Waals surface area contributed by atoms with Crippen molar-refractivity contribution in [1.29, 1.82) is 0 Å². The van der Waals surface area contributed by atoms with Crippen LogP contribution in [-0.2, 0) is 4.79 Å². The average Bonchev–Trinajstić information content (AvgIpc) is 2.78. The Morgan fingerprint density at radius 2 is 1.74 bits per heavy atom. The van der Waals surface area contributed by atoms with Crippen LogP contribution in [0.2, 0.25) is 5.02 Å². The molecule has 0 saturated carbocycles. The molecule has 0 bridgehead atoms. The fraction of sp³-hybridized carbons (Fsp3) is 0.391. The van der Waals surface area contributed by atoms with Gasteiger partial charge in [0.05, 0.1) is 32.9 Å². The normalized spacial score (nSPS) is 19.9. The lowest BCUT2D eigenvalue weighted by Crippen LogP contribution is -2.53. The number of fused-ring (bicyclic) bond motifs is 2. The fourth-order valence-electron chi connectivity index (χ4n) is 4.56. The number of anilines is 1. The second kappa shape index (κ2) is 8.67. The summed E-state index contributed by atoms with van der Waals surface area (Å²) >= 11 is 6.14. The van der Waals surface area contributed by atoms with Crippen LogP contribution in [0.15, 0.2) is 30.3 Å². The lowest BCUT2D eigenvalue weighted by Gasteiger charge is -2.44. The number of halogens is 1. The molecule has 2 amide bonds. The van der Waals surface area contributed by atoms with E-state index in [1.807, 2.05) is 4.90 Å². The lowest BCUT2D eigenvalue weighted by atomic mass is 9.78. The highest BCUT2D eigenvalue weighted by Gasteiger charge is 2.45. The number of carbonyl (C=O) groups excluding carboxylic acids is 2. The van der Waals surface area contributed by atoms with Gasteiger partial charge in [-0.2, -0.15) is 0 Å². The van der Waals surface area contributed by atoms with Gasteiger partial charge in [0.1, 0.15) is 5.75 Å². The highest BCUT2D eigenvalue weighted by atomic mass is 35.5. The molecule has 2 aromatic carbocycles. The highest BCUT2D eigenvalue weighted by molar-refractivity contribution is 6.31. The molecule has 2 heterocycles. The van der Waals surface area contributed by atoms with E-state index in [1.165, 1.54) is 21.3 Å². The van der Waals surface area contributed by atoms with Gasteiger partial charge in [-0.15, -0.1) is 0 Å². The van der Waals surface area contributed by atoms with Crippen molar-refractivity contribution < 1.29 is 23.8 Å². The van der Waals surface area contributed by atoms with Crippen molar-refractivity contribution in [2.24, 2.45) is 0 Å². The summed E-state index contributed by atoms with van der Waals surface area (Å²) in [7, 11) is 4.60. The number of benzene rings is 2. The second-order valence-electron chi connectivity index (χ2n) is 7.67. The van der Waals surface area contributed by atoms with Gasteiger partial charge in [0, 0.05) is 23.2 Å². The zero-order chi connectivity index (χ0) is 22.1. The molecule has 2 atom stereocenters. The average molecular weight is 445 g/mol. The van der Waals surface area contributed by atoms with Crippen molar-refractivity contribution >= 4 is 29.1 Å². The number of amides is 2. The monoisotopic (exact) mass is 444 g/mol. The molecule has 2 unspecified atom stereocenters. The maximum Gasteiger partial charge on any atom is 0.254 e. The van der Waals surface area contributed by atoms with E-state index in [0.717, 1.165) is 19.3 Å². The Kier molecular flexibility index (Phi) is 5.96. The maximum atomic E-state index is 13.6. The van der Waals surface area contributed by atoms with Gasteiger partial charge in [0.25, 0.3) is 5.91 Å². The molecule has 4 rings (SSSR count). The third-order valence-corrected chi connectivity index (χ3v) is 6.25. The third kappa shape index (κ3) is 3.78. The molecule has 7 nitrogen and oxygen atoms in total. The summed E-state index contributed by atoms with van der Waals surface area (Å²) in [5.74, 6) is 0.592. The number of hydrogen-bond acceptors (Lipinski definition) is 5. The van der Waals surface area contributed by atoms with Crippen molar-refractivity contribution in [2.45, 2.75) is 31.2 Å². The molecule has 0 aliphatic carbocycles. The zero-order valence-electron chi connectivity index (χ0n) is 17.7. The Hall–Kier alpha value is -2.93. The Morgan fingerprint density at radius 3 is 2.45 bits per heavy atom. The van der Waals surface area contributed by atoms with E-state index in [9.17, 15) is 9.59 Å². The molecule has 8 heteroatoms. The minimum atomic E-state index is -0.559. The van der Waals surface area contributed by atoms with Gasteiger partial charge >= 0.3 is 0 Å². The van der Waals surface area contributed by atoms with Crippen LogP contribution < -0.4 is 19.5 Å². The molecule has 164 valence electrons. The molecule has 1 fully saturated rings. The number of nitrogens with one attached hydrogen (secondary N) is 1. The van der Waals surface area contributed by atoms with Gasteiger partial charge in [-0.1, -0.05) is 11.6 Å². The Balaban J connectivity index is 1.80. The van der Waals surface area contributed by atoms with Crippen LogP contribution in [0.5, 0.6) is 17.2 Å². The van der Waals surface area contributed by atoms with Crippen LogP contribution in [0.1, 0.15) is 41.1 Å². The summed E-state index contributed by atoms with van der Waals surface area (Å²) in [6, 6.07) is 8.25. The first-order valence-corrected chi connectivity index (χ1v) is 10.6. The van der Waals surface area contributed by atoms with Gasteiger partial charge in [-0.3, -0.25) is 9.59 Å². The largest absolute Gasteiger partial charge is 0.495 e. The van der Waals surface area contributed by atoms with E-state index in [-0.39, 0.29) is 17.9 Å². The van der Waals surface area contributed by atoms with Crippen LogP contribution in [-0.4, -0.2) is 50.6 Å². The topological polar surface area (TPSA) is 77.1 Å². The predicted octanol–water partition coefficient (Wildman–Crippen LogP) is 4.10. The molecular weight excluding hydrogens is 420 g/mol. The van der Waals surface area contributed by atoms with Gasteiger partial charge < -0.3 is 24.4 Å². The summed E-state index contributed by atoms with van der Waals surface area (Å²) in [5, 5.41) is 3.46. The van der Waals surface area contributed by atoms with Gasteiger partial charge in [0.2, 0.25) is 5.91 Å². The van der Waals surface area contributed by atoms with Crippen LogP contribution in [0.25, 0.3) is 0 Å². The van der Waals surface area contributed by atoms with E-state index in [1.54, 1.807) is 30.3 Å². The summed E-state index contributed by atoms with van der Waals surface area (Å²) < 4.78 is 16.2. The van der Waals surface area contributed by atoms with E-state index in [2.05, 4.69) is 5.32 Å². The summed E-state index contributed by atoms with van der Waals surface area (Å²) in [6.07, 6.45) is 2.63. The maximum absolute atomic E-state index is 13.6. The molecule has 0 radical (unpaired) electrons. The second-order valence-corrected chi connectivity index (χ2v) is 8.10. The zero-order valence-corrected chi connectivity index (χ0v) is 18.5. The third-order valence-electron chi connectivity index (χ3n) is 6.02. The quantitative estimate of drug-likeness (QED) is 0.751. The van der Waals surface area contributed by atoms with Gasteiger partial charge in [0.15, 0.2) is 11.5 Å². The summed E-state index contributed by atoms with van der Waals surface area (Å²) in [4.78, 5) is 28.7. The minimum Gasteiger partial charge on any atom is -0.495 e. The highest BCUT2D eigenvalue weighted by Crippen LogP contribution is 2.43. The molecule has 1 saturated heterocycles. The van der Waals surface area contributed by atoms with Crippen molar-refractivity contribution in [2.75, 3.05) is 33.2 Å². The molecule has 1 N–H and O–H groups in total. The predicted molar refractivity (Wildman–Crippen MR) is 118 cm³/mol. The molecule has 2 aliphatic heterocycles. The van der Waals surface area contributed by atoms with E-state index in [4.69, 9.17) is 25.8 Å². The molecule has 0 spiro atoms. The number of hydrogen-bond donors (Lipinski definition) is 1. The molecular formula is C23H25ClN2O5. The molecule has 31 heavy (non-hydrogen) atoms. The smallest absolute Gasteiger partial charge is 0.254 e. The number of nitrogens with zero attached hydrogens (tertiary/aromatic N) is 1. The molecule has 2 aromatic rings. The van der Waals surface area contributed by atoms with Crippen molar-refractivity contribution in [1.82, 2.24) is 4.90 Å². The summed E-state index contributed by atoms with van der Waals surface area (Å²) in [6.45, 7) is 0.627. The standard InChI is InChI=1S/C23H25ClN2O5/c1-29-18-8-7-13(24)10-16(18)25-22(27)21-14-11-19(30-2)20(31-3)12-15(14)23(28)26-9-5-4-6-17(21)26/h7-8,10-12,17,21H,4-6,9H2,1-3H3,(H,25,27). The van der Waals surface area contributed by atoms with Gasteiger partial charge in [-0.05, 0) is 55.2 Å². The van der Waals surface area contributed by atoms with Gasteiger partial charge in [-0.25, -0.2) is 0 Å². The van der Waals surface area contributed by atoms with E-state index in [0.29, 0.717) is 45.6 Å². The van der Waals surface area contributed by atoms with Crippen LogP contribution in [0, 0.1) is 0 Å². The number of ether oxygens (including phenoxy) is 3. The Morgan fingerprint density at radius 1 is 1.03 bits per heavy atom. The molecule has 0 aromatic heterocycles. The first-order chi connectivity index (χ1) is 15.0. The van der Waals surface area contributed by atoms with Crippen LogP contribution >= 0.6 is 11.6 Å². The molecule has 2 aliphatic rings. The Labute approximate surface area is 186 Å². The number of carbonyl (C=O) groups is 2.